The van der Waals surface area contributed by atoms with Crippen molar-refractivity contribution in [2.24, 2.45) is 0 Å². The van der Waals surface area contributed by atoms with E-state index < -0.39 is 10.0 Å². The lowest BCUT2D eigenvalue weighted by Crippen LogP contribution is -2.42. The lowest BCUT2D eigenvalue weighted by atomic mass is 10.2. The molecule has 0 radical (unpaired) electrons. The molecule has 0 aromatic carbocycles. The summed E-state index contributed by atoms with van der Waals surface area (Å²) in [4.78, 5) is 0. The third-order valence-corrected chi connectivity index (χ3v) is 3.84. The van der Waals surface area contributed by atoms with Crippen molar-refractivity contribution in [2.45, 2.75) is 38.8 Å². The van der Waals surface area contributed by atoms with E-state index in [0.717, 1.165) is 19.4 Å². The normalized spacial score (nSPS) is 24.7. The molecule has 1 heterocycles. The largest absolute Gasteiger partial charge is 0.313 e. The summed E-state index contributed by atoms with van der Waals surface area (Å²) < 4.78 is 24.4. The third-order valence-electron chi connectivity index (χ3n) is 2.51. The Morgan fingerprint density at radius 1 is 1.50 bits per heavy atom. The minimum absolute atomic E-state index is 0.160. The lowest BCUT2D eigenvalue weighted by molar-refractivity contribution is 0.365. The average Bonchev–Trinajstić information content (AvgIpc) is 2.46. The standard InChI is InChI=1S/C9H20N2O2S/c1-8(2)10-7-9-5-4-6-11(9)14(3,12)13/h8-10H,4-7H2,1-3H3/t9-/m1/s1. The van der Waals surface area contributed by atoms with Crippen molar-refractivity contribution in [1.82, 2.24) is 9.62 Å². The summed E-state index contributed by atoms with van der Waals surface area (Å²) in [6, 6.07) is 0.574. The van der Waals surface area contributed by atoms with Crippen LogP contribution in [0.25, 0.3) is 0 Å². The Kier molecular flexibility index (Phi) is 3.92. The molecule has 0 saturated carbocycles. The van der Waals surface area contributed by atoms with Crippen molar-refractivity contribution in [3.8, 4) is 0 Å². The molecule has 1 rings (SSSR count). The van der Waals surface area contributed by atoms with Crippen molar-refractivity contribution in [2.75, 3.05) is 19.3 Å². The van der Waals surface area contributed by atoms with Gasteiger partial charge < -0.3 is 5.32 Å². The summed E-state index contributed by atoms with van der Waals surface area (Å²) in [5, 5.41) is 3.28. The summed E-state index contributed by atoms with van der Waals surface area (Å²) in [6.07, 6.45) is 3.25. The molecule has 1 N–H and O–H groups in total. The van der Waals surface area contributed by atoms with Crippen LogP contribution >= 0.6 is 0 Å². The number of nitrogens with zero attached hydrogens (tertiary/aromatic N) is 1. The maximum absolute atomic E-state index is 11.4. The zero-order chi connectivity index (χ0) is 10.8. The van der Waals surface area contributed by atoms with Gasteiger partial charge in [-0.15, -0.1) is 0 Å². The predicted molar refractivity (Wildman–Crippen MR) is 57.7 cm³/mol. The highest BCUT2D eigenvalue weighted by Crippen LogP contribution is 2.19. The topological polar surface area (TPSA) is 49.4 Å². The number of rotatable bonds is 4. The molecule has 0 amide bonds. The molecule has 0 aromatic heterocycles. The number of hydrogen-bond donors (Lipinski definition) is 1. The second-order valence-electron chi connectivity index (χ2n) is 4.23. The van der Waals surface area contributed by atoms with Crippen LogP contribution < -0.4 is 5.32 Å². The van der Waals surface area contributed by atoms with Crippen molar-refractivity contribution in [3.63, 3.8) is 0 Å². The van der Waals surface area contributed by atoms with Gasteiger partial charge in [0.05, 0.1) is 6.26 Å². The molecule has 1 fully saturated rings. The van der Waals surface area contributed by atoms with Crippen molar-refractivity contribution >= 4 is 10.0 Å². The fourth-order valence-corrected chi connectivity index (χ4v) is 3.00. The Bertz CT molecular complexity index is 275. The molecule has 84 valence electrons. The number of sulfonamides is 1. The summed E-state index contributed by atoms with van der Waals surface area (Å²) in [6.45, 7) is 5.59. The van der Waals surface area contributed by atoms with E-state index in [-0.39, 0.29) is 6.04 Å². The van der Waals surface area contributed by atoms with Crippen molar-refractivity contribution in [1.29, 1.82) is 0 Å². The molecule has 4 nitrogen and oxygen atoms in total. The van der Waals surface area contributed by atoms with Gasteiger partial charge in [-0.3, -0.25) is 0 Å². The van der Waals surface area contributed by atoms with Crippen LogP contribution in [-0.4, -0.2) is 44.2 Å². The molecule has 1 atom stereocenters. The first-order chi connectivity index (χ1) is 6.41. The van der Waals surface area contributed by atoms with Crippen LogP contribution in [0.2, 0.25) is 0 Å². The zero-order valence-corrected chi connectivity index (χ0v) is 9.97. The quantitative estimate of drug-likeness (QED) is 0.746. The highest BCUT2D eigenvalue weighted by atomic mass is 32.2. The SMILES string of the molecule is CC(C)NC[C@H]1CCCN1S(C)(=O)=O. The second-order valence-corrected chi connectivity index (χ2v) is 6.17. The minimum Gasteiger partial charge on any atom is -0.313 e. The van der Waals surface area contributed by atoms with Gasteiger partial charge in [0.15, 0.2) is 0 Å². The fraction of sp³-hybridized carbons (Fsp3) is 1.00. The molecular formula is C9H20N2O2S. The summed E-state index contributed by atoms with van der Waals surface area (Å²) in [7, 11) is -3.01. The van der Waals surface area contributed by atoms with E-state index in [9.17, 15) is 8.42 Å². The van der Waals surface area contributed by atoms with E-state index in [2.05, 4.69) is 19.2 Å². The Labute approximate surface area is 86.7 Å². The molecule has 0 spiro atoms. The molecule has 1 saturated heterocycles. The second kappa shape index (κ2) is 4.59. The van der Waals surface area contributed by atoms with Crippen LogP contribution in [0, 0.1) is 0 Å². The highest BCUT2D eigenvalue weighted by Gasteiger charge is 2.30. The first kappa shape index (κ1) is 11.9. The average molecular weight is 220 g/mol. The zero-order valence-electron chi connectivity index (χ0n) is 9.16. The van der Waals surface area contributed by atoms with Gasteiger partial charge in [0, 0.05) is 25.2 Å². The van der Waals surface area contributed by atoms with Crippen LogP contribution in [0.3, 0.4) is 0 Å². The first-order valence-electron chi connectivity index (χ1n) is 5.11. The van der Waals surface area contributed by atoms with Crippen LogP contribution in [-0.2, 0) is 10.0 Å². The van der Waals surface area contributed by atoms with Crippen LogP contribution in [0.1, 0.15) is 26.7 Å². The van der Waals surface area contributed by atoms with Gasteiger partial charge in [-0.1, -0.05) is 13.8 Å². The van der Waals surface area contributed by atoms with E-state index >= 15 is 0 Å². The van der Waals surface area contributed by atoms with Crippen LogP contribution in [0.5, 0.6) is 0 Å². The van der Waals surface area contributed by atoms with Crippen LogP contribution in [0.15, 0.2) is 0 Å². The van der Waals surface area contributed by atoms with Crippen LogP contribution in [0.4, 0.5) is 0 Å². The van der Waals surface area contributed by atoms with Gasteiger partial charge >= 0.3 is 0 Å². The van der Waals surface area contributed by atoms with Crippen molar-refractivity contribution in [3.05, 3.63) is 0 Å². The molecule has 0 unspecified atom stereocenters. The number of nitrogens with one attached hydrogen (secondary N) is 1. The van der Waals surface area contributed by atoms with E-state index in [1.165, 1.54) is 6.26 Å². The summed E-state index contributed by atoms with van der Waals surface area (Å²) >= 11 is 0. The molecule has 5 heteroatoms. The minimum atomic E-state index is -3.01. The van der Waals surface area contributed by atoms with Gasteiger partial charge in [-0.2, -0.15) is 4.31 Å². The molecule has 1 aliphatic rings. The maximum atomic E-state index is 11.4. The molecule has 0 aliphatic carbocycles. The van der Waals surface area contributed by atoms with E-state index in [0.29, 0.717) is 12.6 Å². The smallest absolute Gasteiger partial charge is 0.211 e. The van der Waals surface area contributed by atoms with Gasteiger partial charge in [0.25, 0.3) is 0 Å². The monoisotopic (exact) mass is 220 g/mol. The van der Waals surface area contributed by atoms with Crippen molar-refractivity contribution < 1.29 is 8.42 Å². The van der Waals surface area contributed by atoms with E-state index in [1.54, 1.807) is 4.31 Å². The summed E-state index contributed by atoms with van der Waals surface area (Å²) in [5.74, 6) is 0. The Morgan fingerprint density at radius 2 is 2.14 bits per heavy atom. The first-order valence-corrected chi connectivity index (χ1v) is 6.96. The third kappa shape index (κ3) is 3.22. The molecular weight excluding hydrogens is 200 g/mol. The van der Waals surface area contributed by atoms with Gasteiger partial charge in [-0.25, -0.2) is 8.42 Å². The van der Waals surface area contributed by atoms with Gasteiger partial charge in [0.2, 0.25) is 10.0 Å². The Hall–Kier alpha value is -0.130. The predicted octanol–water partition coefficient (Wildman–Crippen LogP) is 0.408. The Morgan fingerprint density at radius 3 is 2.64 bits per heavy atom. The molecule has 14 heavy (non-hydrogen) atoms. The highest BCUT2D eigenvalue weighted by molar-refractivity contribution is 7.88. The van der Waals surface area contributed by atoms with Gasteiger partial charge in [0.1, 0.15) is 0 Å². The fourth-order valence-electron chi connectivity index (χ4n) is 1.82. The lowest BCUT2D eigenvalue weighted by Gasteiger charge is -2.23. The molecule has 0 aromatic rings. The Balaban J connectivity index is 2.52. The maximum Gasteiger partial charge on any atom is 0.211 e. The van der Waals surface area contributed by atoms with E-state index in [1.807, 2.05) is 0 Å². The molecule has 1 aliphatic heterocycles. The summed E-state index contributed by atoms with van der Waals surface area (Å²) in [5.41, 5.74) is 0. The van der Waals surface area contributed by atoms with E-state index in [4.69, 9.17) is 0 Å². The molecule has 0 bridgehead atoms. The van der Waals surface area contributed by atoms with Gasteiger partial charge in [-0.05, 0) is 12.8 Å². The number of hydrogen-bond acceptors (Lipinski definition) is 3.